The van der Waals surface area contributed by atoms with Gasteiger partial charge in [-0.05, 0) is 31.0 Å². The lowest BCUT2D eigenvalue weighted by molar-refractivity contribution is -0.385. The molecule has 0 saturated carbocycles. The number of hydrogen-bond acceptors (Lipinski definition) is 6. The van der Waals surface area contributed by atoms with Crippen LogP contribution in [-0.4, -0.2) is 41.4 Å². The summed E-state index contributed by atoms with van der Waals surface area (Å²) in [5, 5.41) is 17.4. The Morgan fingerprint density at radius 2 is 2.04 bits per heavy atom. The summed E-state index contributed by atoms with van der Waals surface area (Å²) in [6, 6.07) is 5.56. The van der Waals surface area contributed by atoms with Crippen LogP contribution in [0.2, 0.25) is 0 Å². The predicted octanol–water partition coefficient (Wildman–Crippen LogP) is 1.48. The molecule has 25 heavy (non-hydrogen) atoms. The van der Waals surface area contributed by atoms with Crippen LogP contribution in [0.25, 0.3) is 0 Å². The van der Waals surface area contributed by atoms with Crippen molar-refractivity contribution >= 4 is 11.6 Å². The number of carbonyl (C=O) groups is 1. The second kappa shape index (κ2) is 8.13. The third kappa shape index (κ3) is 4.46. The first kappa shape index (κ1) is 18.2. The fourth-order valence-electron chi connectivity index (χ4n) is 2.35. The summed E-state index contributed by atoms with van der Waals surface area (Å²) in [5.41, 5.74) is 1.24. The zero-order valence-corrected chi connectivity index (χ0v) is 14.3. The van der Waals surface area contributed by atoms with Crippen molar-refractivity contribution in [2.24, 2.45) is 0 Å². The quantitative estimate of drug-likeness (QED) is 0.572. The summed E-state index contributed by atoms with van der Waals surface area (Å²) >= 11 is 0. The molecule has 0 spiro atoms. The molecule has 134 valence electrons. The number of methoxy groups -OCH3 is 2. The summed E-state index contributed by atoms with van der Waals surface area (Å²) in [7, 11) is 3.13. The third-order valence-electron chi connectivity index (χ3n) is 3.75. The van der Waals surface area contributed by atoms with E-state index in [4.69, 9.17) is 9.47 Å². The SMILES string of the molecule is COc1ccc(CCNC(=O)Cn2ncc([N+](=O)[O-])c2C)cc1OC. The summed E-state index contributed by atoms with van der Waals surface area (Å²) < 4.78 is 11.7. The van der Waals surface area contributed by atoms with Gasteiger partial charge in [0.05, 0.1) is 19.1 Å². The number of nitro groups is 1. The summed E-state index contributed by atoms with van der Waals surface area (Å²) in [5.74, 6) is 1.01. The van der Waals surface area contributed by atoms with Gasteiger partial charge in [-0.2, -0.15) is 5.10 Å². The Balaban J connectivity index is 1.87. The van der Waals surface area contributed by atoms with Crippen LogP contribution in [0.5, 0.6) is 11.5 Å². The topological polar surface area (TPSA) is 109 Å². The van der Waals surface area contributed by atoms with Crippen LogP contribution in [-0.2, 0) is 17.8 Å². The van der Waals surface area contributed by atoms with Crippen molar-refractivity contribution in [2.45, 2.75) is 19.9 Å². The van der Waals surface area contributed by atoms with Crippen molar-refractivity contribution in [1.29, 1.82) is 0 Å². The normalized spacial score (nSPS) is 10.4. The van der Waals surface area contributed by atoms with Crippen molar-refractivity contribution in [3.8, 4) is 11.5 Å². The number of rotatable bonds is 8. The highest BCUT2D eigenvalue weighted by atomic mass is 16.6. The molecule has 9 heteroatoms. The van der Waals surface area contributed by atoms with Crippen molar-refractivity contribution in [2.75, 3.05) is 20.8 Å². The molecular weight excluding hydrogens is 328 g/mol. The van der Waals surface area contributed by atoms with E-state index in [1.807, 2.05) is 18.2 Å². The van der Waals surface area contributed by atoms with E-state index >= 15 is 0 Å². The van der Waals surface area contributed by atoms with Gasteiger partial charge in [0.2, 0.25) is 5.91 Å². The molecule has 0 aliphatic rings. The van der Waals surface area contributed by atoms with E-state index in [0.717, 1.165) is 11.8 Å². The number of carbonyl (C=O) groups excluding carboxylic acids is 1. The molecule has 0 fully saturated rings. The molecule has 1 N–H and O–H groups in total. The van der Waals surface area contributed by atoms with E-state index in [-0.39, 0.29) is 18.1 Å². The molecule has 1 amide bonds. The summed E-state index contributed by atoms with van der Waals surface area (Å²) in [6.07, 6.45) is 1.76. The lowest BCUT2D eigenvalue weighted by atomic mass is 10.1. The molecule has 0 aliphatic heterocycles. The van der Waals surface area contributed by atoms with Crippen LogP contribution in [0.3, 0.4) is 0 Å². The van der Waals surface area contributed by atoms with Crippen molar-refractivity contribution in [3.63, 3.8) is 0 Å². The standard InChI is InChI=1S/C16H20N4O5/c1-11-13(20(22)23)9-18-19(11)10-16(21)17-7-6-12-4-5-14(24-2)15(8-12)25-3/h4-5,8-9H,6-7,10H2,1-3H3,(H,17,21). The Bertz CT molecular complexity index is 772. The average molecular weight is 348 g/mol. The molecule has 1 aromatic heterocycles. The fourth-order valence-corrected chi connectivity index (χ4v) is 2.35. The Hall–Kier alpha value is -3.10. The molecule has 0 atom stereocenters. The largest absolute Gasteiger partial charge is 0.493 e. The van der Waals surface area contributed by atoms with Gasteiger partial charge < -0.3 is 14.8 Å². The summed E-state index contributed by atoms with van der Waals surface area (Å²) in [6.45, 7) is 1.92. The second-order valence-electron chi connectivity index (χ2n) is 5.32. The molecule has 1 heterocycles. The van der Waals surface area contributed by atoms with E-state index in [1.54, 1.807) is 21.1 Å². The lowest BCUT2D eigenvalue weighted by Gasteiger charge is -2.10. The highest BCUT2D eigenvalue weighted by Gasteiger charge is 2.17. The van der Waals surface area contributed by atoms with Crippen LogP contribution in [0, 0.1) is 17.0 Å². The van der Waals surface area contributed by atoms with Gasteiger partial charge in [-0.15, -0.1) is 0 Å². The van der Waals surface area contributed by atoms with Gasteiger partial charge in [-0.3, -0.25) is 19.6 Å². The molecule has 0 radical (unpaired) electrons. The van der Waals surface area contributed by atoms with Crippen LogP contribution in [0.1, 0.15) is 11.3 Å². The number of benzene rings is 1. The van der Waals surface area contributed by atoms with Gasteiger partial charge in [-0.25, -0.2) is 0 Å². The first-order chi connectivity index (χ1) is 12.0. The fraction of sp³-hybridized carbons (Fsp3) is 0.375. The Morgan fingerprint density at radius 1 is 1.32 bits per heavy atom. The van der Waals surface area contributed by atoms with Gasteiger partial charge in [-0.1, -0.05) is 6.07 Å². The van der Waals surface area contributed by atoms with Gasteiger partial charge >= 0.3 is 5.69 Å². The van der Waals surface area contributed by atoms with E-state index < -0.39 is 4.92 Å². The van der Waals surface area contributed by atoms with E-state index in [9.17, 15) is 14.9 Å². The third-order valence-corrected chi connectivity index (χ3v) is 3.75. The highest BCUT2D eigenvalue weighted by Crippen LogP contribution is 2.27. The van der Waals surface area contributed by atoms with Crippen LogP contribution >= 0.6 is 0 Å². The van der Waals surface area contributed by atoms with Crippen molar-refractivity contribution in [3.05, 3.63) is 45.8 Å². The van der Waals surface area contributed by atoms with E-state index in [0.29, 0.717) is 30.2 Å². The first-order valence-corrected chi connectivity index (χ1v) is 7.60. The minimum atomic E-state index is -0.520. The van der Waals surface area contributed by atoms with Crippen molar-refractivity contribution < 1.29 is 19.2 Å². The minimum absolute atomic E-state index is 0.0639. The zero-order chi connectivity index (χ0) is 18.4. The maximum absolute atomic E-state index is 12.0. The van der Waals surface area contributed by atoms with Gasteiger partial charge in [0.1, 0.15) is 18.4 Å². The second-order valence-corrected chi connectivity index (χ2v) is 5.32. The molecule has 1 aromatic carbocycles. The van der Waals surface area contributed by atoms with Crippen LogP contribution in [0.4, 0.5) is 5.69 Å². The molecule has 2 aromatic rings. The average Bonchev–Trinajstić information content (AvgIpc) is 2.95. The van der Waals surface area contributed by atoms with E-state index in [2.05, 4.69) is 10.4 Å². The molecule has 0 saturated heterocycles. The Morgan fingerprint density at radius 3 is 2.64 bits per heavy atom. The molecule has 2 rings (SSSR count). The van der Waals surface area contributed by atoms with Crippen molar-refractivity contribution in [1.82, 2.24) is 15.1 Å². The zero-order valence-electron chi connectivity index (χ0n) is 14.3. The summed E-state index contributed by atoms with van der Waals surface area (Å²) in [4.78, 5) is 22.2. The number of nitrogens with zero attached hydrogens (tertiary/aromatic N) is 3. The number of aromatic nitrogens is 2. The number of nitrogens with one attached hydrogen (secondary N) is 1. The molecule has 0 aliphatic carbocycles. The number of amides is 1. The smallest absolute Gasteiger partial charge is 0.309 e. The molecular formula is C16H20N4O5. The van der Waals surface area contributed by atoms with Crippen LogP contribution < -0.4 is 14.8 Å². The molecule has 0 unspecified atom stereocenters. The van der Waals surface area contributed by atoms with E-state index in [1.165, 1.54) is 4.68 Å². The Kier molecular flexibility index (Phi) is 5.93. The molecule has 0 bridgehead atoms. The number of hydrogen-bond donors (Lipinski definition) is 1. The van der Waals surface area contributed by atoms with Crippen LogP contribution in [0.15, 0.2) is 24.4 Å². The maximum Gasteiger partial charge on any atom is 0.309 e. The first-order valence-electron chi connectivity index (χ1n) is 7.60. The maximum atomic E-state index is 12.0. The van der Waals surface area contributed by atoms with Gasteiger partial charge in [0.15, 0.2) is 11.5 Å². The van der Waals surface area contributed by atoms with Gasteiger partial charge in [0.25, 0.3) is 0 Å². The minimum Gasteiger partial charge on any atom is -0.493 e. The monoisotopic (exact) mass is 348 g/mol. The number of ether oxygens (including phenoxy) is 2. The lowest BCUT2D eigenvalue weighted by Crippen LogP contribution is -2.30. The van der Waals surface area contributed by atoms with Gasteiger partial charge in [0, 0.05) is 6.54 Å². The Labute approximate surface area is 144 Å². The highest BCUT2D eigenvalue weighted by molar-refractivity contribution is 5.75. The molecule has 9 nitrogen and oxygen atoms in total. The predicted molar refractivity (Wildman–Crippen MR) is 89.9 cm³/mol.